The van der Waals surface area contributed by atoms with E-state index in [1.807, 2.05) is 35.2 Å². The van der Waals surface area contributed by atoms with Gasteiger partial charge in [-0.1, -0.05) is 18.2 Å². The van der Waals surface area contributed by atoms with Crippen LogP contribution in [-0.4, -0.2) is 42.6 Å². The molecule has 1 aliphatic heterocycles. The van der Waals surface area contributed by atoms with Crippen molar-refractivity contribution in [2.24, 2.45) is 0 Å². The first-order valence-electron chi connectivity index (χ1n) is 6.29. The third-order valence-corrected chi connectivity index (χ3v) is 3.21. The second-order valence-corrected chi connectivity index (χ2v) is 5.14. The van der Waals surface area contributed by atoms with Crippen molar-refractivity contribution in [1.29, 1.82) is 0 Å². The van der Waals surface area contributed by atoms with Gasteiger partial charge in [-0.3, -0.25) is 4.79 Å². The van der Waals surface area contributed by atoms with E-state index in [1.54, 1.807) is 0 Å². The lowest BCUT2D eigenvalue weighted by Crippen LogP contribution is -2.60. The third-order valence-electron chi connectivity index (χ3n) is 3.21. The molecule has 1 aromatic rings. The van der Waals surface area contributed by atoms with Crippen LogP contribution in [0.5, 0.6) is 5.75 Å². The van der Waals surface area contributed by atoms with Gasteiger partial charge in [-0.2, -0.15) is 0 Å². The fourth-order valence-electron chi connectivity index (χ4n) is 2.19. The van der Waals surface area contributed by atoms with Crippen LogP contribution >= 0.6 is 0 Å². The fourth-order valence-corrected chi connectivity index (χ4v) is 2.19. The summed E-state index contributed by atoms with van der Waals surface area (Å²) in [6.07, 6.45) is 0. The number of benzene rings is 1. The molecule has 4 nitrogen and oxygen atoms in total. The molecule has 1 fully saturated rings. The first-order chi connectivity index (χ1) is 8.59. The average molecular weight is 248 g/mol. The number of rotatable bonds is 3. The summed E-state index contributed by atoms with van der Waals surface area (Å²) < 4.78 is 5.50. The van der Waals surface area contributed by atoms with Crippen LogP contribution in [-0.2, 0) is 4.79 Å². The van der Waals surface area contributed by atoms with Crippen molar-refractivity contribution in [1.82, 2.24) is 10.2 Å². The van der Waals surface area contributed by atoms with Crippen molar-refractivity contribution in [3.8, 4) is 5.75 Å². The Hall–Kier alpha value is -1.55. The lowest BCUT2D eigenvalue weighted by atomic mass is 10.0. The molecular formula is C14H20N2O2. The lowest BCUT2D eigenvalue weighted by molar-refractivity contribution is -0.139. The maximum atomic E-state index is 12.2. The van der Waals surface area contributed by atoms with E-state index in [1.165, 1.54) is 0 Å². The molecule has 2 rings (SSSR count). The van der Waals surface area contributed by atoms with Gasteiger partial charge in [0.15, 0.2) is 6.61 Å². The summed E-state index contributed by atoms with van der Waals surface area (Å²) in [6, 6.07) is 9.43. The molecule has 0 radical (unpaired) electrons. The minimum absolute atomic E-state index is 0.0466. The molecule has 18 heavy (non-hydrogen) atoms. The number of hydrogen-bond donors (Lipinski definition) is 1. The molecule has 0 bridgehead atoms. The standard InChI is InChI=1S/C14H20N2O2/c1-14(2)11-15-8-9-16(14)13(17)10-18-12-6-4-3-5-7-12/h3-7,15H,8-11H2,1-2H3. The number of nitrogens with one attached hydrogen (secondary N) is 1. The Bertz CT molecular complexity index is 404. The smallest absolute Gasteiger partial charge is 0.261 e. The van der Waals surface area contributed by atoms with E-state index in [0.717, 1.165) is 25.4 Å². The van der Waals surface area contributed by atoms with Crippen molar-refractivity contribution in [3.63, 3.8) is 0 Å². The highest BCUT2D eigenvalue weighted by Crippen LogP contribution is 2.17. The quantitative estimate of drug-likeness (QED) is 0.876. The summed E-state index contributed by atoms with van der Waals surface area (Å²) >= 11 is 0. The highest BCUT2D eigenvalue weighted by molar-refractivity contribution is 5.78. The molecule has 0 unspecified atom stereocenters. The molecule has 4 heteroatoms. The van der Waals surface area contributed by atoms with Gasteiger partial charge < -0.3 is 15.0 Å². The maximum Gasteiger partial charge on any atom is 0.261 e. The van der Waals surface area contributed by atoms with Crippen molar-refractivity contribution < 1.29 is 9.53 Å². The van der Waals surface area contributed by atoms with Gasteiger partial charge in [-0.25, -0.2) is 0 Å². The Balaban J connectivity index is 1.91. The number of piperazine rings is 1. The molecule has 0 saturated carbocycles. The van der Waals surface area contributed by atoms with E-state index in [9.17, 15) is 4.79 Å². The Morgan fingerprint density at radius 1 is 1.39 bits per heavy atom. The third kappa shape index (κ3) is 3.01. The van der Waals surface area contributed by atoms with Crippen molar-refractivity contribution >= 4 is 5.91 Å². The monoisotopic (exact) mass is 248 g/mol. The summed E-state index contributed by atoms with van der Waals surface area (Å²) in [6.45, 7) is 6.65. The Morgan fingerprint density at radius 2 is 2.11 bits per heavy atom. The van der Waals surface area contributed by atoms with Crippen LogP contribution in [0.15, 0.2) is 30.3 Å². The van der Waals surface area contributed by atoms with E-state index in [-0.39, 0.29) is 18.1 Å². The van der Waals surface area contributed by atoms with Crippen LogP contribution in [0.4, 0.5) is 0 Å². The molecule has 1 amide bonds. The number of carbonyl (C=O) groups is 1. The van der Waals surface area contributed by atoms with Crippen LogP contribution in [0.2, 0.25) is 0 Å². The van der Waals surface area contributed by atoms with Crippen LogP contribution in [0.3, 0.4) is 0 Å². The molecule has 0 atom stereocenters. The molecule has 1 N–H and O–H groups in total. The normalized spacial score (nSPS) is 18.4. The fraction of sp³-hybridized carbons (Fsp3) is 0.500. The van der Waals surface area contributed by atoms with Crippen LogP contribution in [0.25, 0.3) is 0 Å². The minimum Gasteiger partial charge on any atom is -0.484 e. The van der Waals surface area contributed by atoms with Gasteiger partial charge in [0.2, 0.25) is 0 Å². The first kappa shape index (κ1) is 12.9. The SMILES string of the molecule is CC1(C)CNCCN1C(=O)COc1ccccc1. The number of para-hydroxylation sites is 1. The Labute approximate surface area is 108 Å². The molecule has 1 aromatic carbocycles. The Kier molecular flexibility index (Phi) is 3.87. The van der Waals surface area contributed by atoms with Gasteiger partial charge in [0.1, 0.15) is 5.75 Å². The van der Waals surface area contributed by atoms with Crippen molar-refractivity contribution in [3.05, 3.63) is 30.3 Å². The summed E-state index contributed by atoms with van der Waals surface area (Å²) in [5.41, 5.74) is -0.143. The highest BCUT2D eigenvalue weighted by atomic mass is 16.5. The zero-order chi connectivity index (χ0) is 13.0. The number of carbonyl (C=O) groups excluding carboxylic acids is 1. The molecule has 1 saturated heterocycles. The minimum atomic E-state index is -0.143. The van der Waals surface area contributed by atoms with Crippen LogP contribution < -0.4 is 10.1 Å². The summed E-state index contributed by atoms with van der Waals surface area (Å²) in [7, 11) is 0. The number of ether oxygens (including phenoxy) is 1. The van der Waals surface area contributed by atoms with Gasteiger partial charge >= 0.3 is 0 Å². The van der Waals surface area contributed by atoms with Gasteiger partial charge in [0.25, 0.3) is 5.91 Å². The average Bonchev–Trinajstić information content (AvgIpc) is 2.37. The molecule has 0 spiro atoms. The van der Waals surface area contributed by atoms with E-state index in [0.29, 0.717) is 0 Å². The number of amides is 1. The maximum absolute atomic E-state index is 12.2. The van der Waals surface area contributed by atoms with E-state index in [2.05, 4.69) is 19.2 Å². The number of hydrogen-bond acceptors (Lipinski definition) is 3. The lowest BCUT2D eigenvalue weighted by Gasteiger charge is -2.42. The summed E-state index contributed by atoms with van der Waals surface area (Å²) in [5.74, 6) is 0.782. The van der Waals surface area contributed by atoms with Crippen LogP contribution in [0.1, 0.15) is 13.8 Å². The van der Waals surface area contributed by atoms with Crippen molar-refractivity contribution in [2.45, 2.75) is 19.4 Å². The topological polar surface area (TPSA) is 41.6 Å². The second kappa shape index (κ2) is 5.40. The van der Waals surface area contributed by atoms with Gasteiger partial charge in [-0.15, -0.1) is 0 Å². The van der Waals surface area contributed by atoms with Gasteiger partial charge in [0.05, 0.1) is 0 Å². The summed E-state index contributed by atoms with van der Waals surface area (Å²) in [4.78, 5) is 14.1. The number of nitrogens with zero attached hydrogens (tertiary/aromatic N) is 1. The zero-order valence-electron chi connectivity index (χ0n) is 11.0. The predicted molar refractivity (Wildman–Crippen MR) is 70.6 cm³/mol. The van der Waals surface area contributed by atoms with E-state index >= 15 is 0 Å². The zero-order valence-corrected chi connectivity index (χ0v) is 11.0. The summed E-state index contributed by atoms with van der Waals surface area (Å²) in [5, 5.41) is 3.30. The van der Waals surface area contributed by atoms with Crippen molar-refractivity contribution in [2.75, 3.05) is 26.2 Å². The highest BCUT2D eigenvalue weighted by Gasteiger charge is 2.33. The molecule has 0 aromatic heterocycles. The van der Waals surface area contributed by atoms with Gasteiger partial charge in [0, 0.05) is 25.2 Å². The molecule has 0 aliphatic carbocycles. The van der Waals surface area contributed by atoms with Crippen LogP contribution in [0, 0.1) is 0 Å². The van der Waals surface area contributed by atoms with Gasteiger partial charge in [-0.05, 0) is 26.0 Å². The molecule has 98 valence electrons. The second-order valence-electron chi connectivity index (χ2n) is 5.14. The van der Waals surface area contributed by atoms with E-state index in [4.69, 9.17) is 4.74 Å². The molecule has 1 aliphatic rings. The first-order valence-corrected chi connectivity index (χ1v) is 6.29. The Morgan fingerprint density at radius 3 is 2.78 bits per heavy atom. The van der Waals surface area contributed by atoms with E-state index < -0.39 is 0 Å². The predicted octanol–water partition coefficient (Wildman–Crippen LogP) is 1.28. The molecule has 1 heterocycles. The molecular weight excluding hydrogens is 228 g/mol. The largest absolute Gasteiger partial charge is 0.484 e.